The minimum atomic E-state index is -3.92. The Hall–Kier alpha value is -1.02. The number of hydrogen-bond acceptors (Lipinski definition) is 4. The first-order chi connectivity index (χ1) is 9.36. The number of ether oxygens (including phenoxy) is 1. The van der Waals surface area contributed by atoms with E-state index in [1.807, 2.05) is 0 Å². The van der Waals surface area contributed by atoms with E-state index >= 15 is 0 Å². The van der Waals surface area contributed by atoms with Gasteiger partial charge in [0.1, 0.15) is 10.7 Å². The fourth-order valence-corrected chi connectivity index (χ4v) is 3.77. The molecule has 0 aliphatic carbocycles. The highest BCUT2D eigenvalue weighted by atomic mass is 32.2. The van der Waals surface area contributed by atoms with Gasteiger partial charge in [-0.1, -0.05) is 6.07 Å². The summed E-state index contributed by atoms with van der Waals surface area (Å²) in [6, 6.07) is 3.90. The van der Waals surface area contributed by atoms with E-state index in [0.29, 0.717) is 18.6 Å². The zero-order valence-electron chi connectivity index (χ0n) is 11.4. The Morgan fingerprint density at radius 3 is 2.80 bits per heavy atom. The Morgan fingerprint density at radius 2 is 2.25 bits per heavy atom. The lowest BCUT2D eigenvalue weighted by Gasteiger charge is -2.33. The lowest BCUT2D eigenvalue weighted by molar-refractivity contribution is 0.0386. The molecule has 7 heteroatoms. The molecular weight excluding hydrogens is 283 g/mol. The van der Waals surface area contributed by atoms with Gasteiger partial charge < -0.3 is 10.5 Å². The molecule has 1 aromatic carbocycles. The Morgan fingerprint density at radius 1 is 1.50 bits per heavy atom. The van der Waals surface area contributed by atoms with Crippen molar-refractivity contribution in [1.29, 1.82) is 0 Å². The van der Waals surface area contributed by atoms with Gasteiger partial charge in [-0.05, 0) is 37.5 Å². The van der Waals surface area contributed by atoms with E-state index in [0.717, 1.165) is 12.5 Å². The molecule has 1 unspecified atom stereocenters. The number of sulfonamides is 1. The van der Waals surface area contributed by atoms with E-state index in [1.54, 1.807) is 6.92 Å². The quantitative estimate of drug-likeness (QED) is 0.873. The van der Waals surface area contributed by atoms with Crippen molar-refractivity contribution in [1.82, 2.24) is 4.72 Å². The van der Waals surface area contributed by atoms with Crippen LogP contribution in [-0.4, -0.2) is 27.2 Å². The fraction of sp³-hybridized carbons (Fsp3) is 0.538. The van der Waals surface area contributed by atoms with Crippen molar-refractivity contribution in [3.8, 4) is 0 Å². The number of rotatable bonds is 4. The van der Waals surface area contributed by atoms with Crippen LogP contribution in [0.3, 0.4) is 0 Å². The first kappa shape index (κ1) is 15.4. The van der Waals surface area contributed by atoms with E-state index in [9.17, 15) is 12.8 Å². The maximum absolute atomic E-state index is 13.9. The lowest BCUT2D eigenvalue weighted by Crippen LogP contribution is -2.51. The molecule has 112 valence electrons. The van der Waals surface area contributed by atoms with Crippen LogP contribution in [0.5, 0.6) is 0 Å². The van der Waals surface area contributed by atoms with Crippen LogP contribution in [0.15, 0.2) is 23.1 Å². The number of halogens is 1. The maximum atomic E-state index is 13.9. The van der Waals surface area contributed by atoms with Crippen LogP contribution >= 0.6 is 0 Å². The molecular formula is C13H19FN2O3S. The van der Waals surface area contributed by atoms with Gasteiger partial charge in [-0.25, -0.2) is 17.5 Å². The molecule has 1 fully saturated rings. The minimum absolute atomic E-state index is 0.163. The monoisotopic (exact) mass is 302 g/mol. The van der Waals surface area contributed by atoms with Crippen LogP contribution in [-0.2, 0) is 21.3 Å². The van der Waals surface area contributed by atoms with Crippen molar-refractivity contribution < 1.29 is 17.5 Å². The molecule has 1 atom stereocenters. The van der Waals surface area contributed by atoms with Gasteiger partial charge in [0, 0.05) is 13.2 Å². The smallest absolute Gasteiger partial charge is 0.244 e. The second kappa shape index (κ2) is 5.77. The highest BCUT2D eigenvalue weighted by molar-refractivity contribution is 7.89. The molecule has 3 N–H and O–H groups in total. The molecule has 0 aromatic heterocycles. The summed E-state index contributed by atoms with van der Waals surface area (Å²) in [5, 5.41) is 0. The second-order valence-electron chi connectivity index (χ2n) is 5.29. The predicted molar refractivity (Wildman–Crippen MR) is 73.1 cm³/mol. The maximum Gasteiger partial charge on any atom is 0.244 e. The molecule has 5 nitrogen and oxygen atoms in total. The molecule has 1 saturated heterocycles. The number of benzene rings is 1. The van der Waals surface area contributed by atoms with Crippen LogP contribution in [0.4, 0.5) is 4.39 Å². The van der Waals surface area contributed by atoms with Crippen molar-refractivity contribution in [2.75, 3.05) is 13.2 Å². The van der Waals surface area contributed by atoms with Crippen LogP contribution in [0.25, 0.3) is 0 Å². The highest BCUT2D eigenvalue weighted by Crippen LogP contribution is 2.23. The Bertz CT molecular complexity index is 583. The van der Waals surface area contributed by atoms with Crippen molar-refractivity contribution in [2.45, 2.75) is 36.7 Å². The molecule has 1 aliphatic rings. The van der Waals surface area contributed by atoms with Crippen molar-refractivity contribution in [3.63, 3.8) is 0 Å². The van der Waals surface area contributed by atoms with E-state index in [1.165, 1.54) is 12.1 Å². The van der Waals surface area contributed by atoms with Crippen LogP contribution < -0.4 is 10.5 Å². The Labute approximate surface area is 118 Å². The van der Waals surface area contributed by atoms with Crippen LogP contribution in [0.2, 0.25) is 0 Å². The molecule has 20 heavy (non-hydrogen) atoms. The van der Waals surface area contributed by atoms with Crippen molar-refractivity contribution in [2.24, 2.45) is 5.73 Å². The van der Waals surface area contributed by atoms with Crippen LogP contribution in [0.1, 0.15) is 25.3 Å². The van der Waals surface area contributed by atoms with Gasteiger partial charge in [0.2, 0.25) is 10.0 Å². The van der Waals surface area contributed by atoms with Gasteiger partial charge in [0.25, 0.3) is 0 Å². The molecule has 0 amide bonds. The fourth-order valence-electron chi connectivity index (χ4n) is 2.28. The average molecular weight is 302 g/mol. The van der Waals surface area contributed by atoms with Gasteiger partial charge in [-0.15, -0.1) is 0 Å². The SMILES string of the molecule is CC1(NS(=O)(=O)c2ccc(CN)cc2F)CCCOC1. The summed E-state index contributed by atoms with van der Waals surface area (Å²) in [6.45, 7) is 2.83. The van der Waals surface area contributed by atoms with Crippen molar-refractivity contribution in [3.05, 3.63) is 29.6 Å². The third-order valence-electron chi connectivity index (χ3n) is 3.34. The summed E-state index contributed by atoms with van der Waals surface area (Å²) < 4.78 is 46.3. The normalized spacial score (nSPS) is 23.8. The number of nitrogens with one attached hydrogen (secondary N) is 1. The molecule has 0 radical (unpaired) electrons. The summed E-state index contributed by atoms with van der Waals surface area (Å²) in [4.78, 5) is -0.360. The van der Waals surface area contributed by atoms with Crippen LogP contribution in [0, 0.1) is 5.82 Å². The first-order valence-electron chi connectivity index (χ1n) is 6.46. The van der Waals surface area contributed by atoms with E-state index < -0.39 is 21.4 Å². The third-order valence-corrected chi connectivity index (χ3v) is 5.01. The van der Waals surface area contributed by atoms with Gasteiger partial charge >= 0.3 is 0 Å². The van der Waals surface area contributed by atoms with Gasteiger partial charge in [0.05, 0.1) is 12.1 Å². The van der Waals surface area contributed by atoms with Gasteiger partial charge in [-0.2, -0.15) is 0 Å². The number of hydrogen-bond donors (Lipinski definition) is 2. The molecule has 0 saturated carbocycles. The summed E-state index contributed by atoms with van der Waals surface area (Å²) in [7, 11) is -3.92. The zero-order chi connectivity index (χ0) is 14.8. The molecule has 1 aliphatic heterocycles. The first-order valence-corrected chi connectivity index (χ1v) is 7.95. The minimum Gasteiger partial charge on any atom is -0.380 e. The predicted octanol–water partition coefficient (Wildman–Crippen LogP) is 1.13. The Balaban J connectivity index is 2.26. The molecule has 0 bridgehead atoms. The topological polar surface area (TPSA) is 81.4 Å². The molecule has 0 spiro atoms. The summed E-state index contributed by atoms with van der Waals surface area (Å²) in [5.74, 6) is -0.791. The lowest BCUT2D eigenvalue weighted by atomic mass is 9.97. The molecule has 1 heterocycles. The zero-order valence-corrected chi connectivity index (χ0v) is 12.2. The van der Waals surface area contributed by atoms with E-state index in [4.69, 9.17) is 10.5 Å². The largest absolute Gasteiger partial charge is 0.380 e. The molecule has 1 aromatic rings. The summed E-state index contributed by atoms with van der Waals surface area (Å²) in [5.41, 5.74) is 5.25. The summed E-state index contributed by atoms with van der Waals surface area (Å²) >= 11 is 0. The van der Waals surface area contributed by atoms with Gasteiger partial charge in [-0.3, -0.25) is 0 Å². The highest BCUT2D eigenvalue weighted by Gasteiger charge is 2.33. The van der Waals surface area contributed by atoms with Gasteiger partial charge in [0.15, 0.2) is 0 Å². The Kier molecular flexibility index (Phi) is 4.43. The molecule has 2 rings (SSSR count). The van der Waals surface area contributed by atoms with E-state index in [-0.39, 0.29) is 18.0 Å². The summed E-state index contributed by atoms with van der Waals surface area (Å²) in [6.07, 6.45) is 1.43. The average Bonchev–Trinajstić information content (AvgIpc) is 2.37. The number of nitrogens with two attached hydrogens (primary N) is 1. The van der Waals surface area contributed by atoms with E-state index in [2.05, 4.69) is 4.72 Å². The second-order valence-corrected chi connectivity index (χ2v) is 6.94. The standard InChI is InChI=1S/C13H19FN2O3S/c1-13(5-2-6-19-9-13)16-20(17,18)12-4-3-10(8-15)7-11(12)14/h3-4,7,16H,2,5-6,8-9,15H2,1H3. The third kappa shape index (κ3) is 3.35. The van der Waals surface area contributed by atoms with Crippen molar-refractivity contribution >= 4 is 10.0 Å².